The number of aromatic nitrogens is 3. The van der Waals surface area contributed by atoms with Crippen molar-refractivity contribution in [2.45, 2.75) is 45.3 Å². The van der Waals surface area contributed by atoms with E-state index in [1.807, 2.05) is 32.0 Å². The molecule has 8 nitrogen and oxygen atoms in total. The van der Waals surface area contributed by atoms with Gasteiger partial charge in [0.2, 0.25) is 0 Å². The van der Waals surface area contributed by atoms with Gasteiger partial charge in [-0.05, 0) is 43.7 Å². The second-order valence-corrected chi connectivity index (χ2v) is 11.0. The van der Waals surface area contributed by atoms with Crippen molar-refractivity contribution in [3.63, 3.8) is 0 Å². The number of benzene rings is 1. The first-order chi connectivity index (χ1) is 19.0. The molecule has 3 aromatic heterocycles. The molecule has 0 amide bonds. The number of thiophene rings is 1. The zero-order valence-electron chi connectivity index (χ0n) is 21.6. The van der Waals surface area contributed by atoms with Gasteiger partial charge in [-0.3, -0.25) is 18.9 Å². The van der Waals surface area contributed by atoms with Crippen LogP contribution in [0.15, 0.2) is 52.3 Å². The summed E-state index contributed by atoms with van der Waals surface area (Å²) in [5.74, 6) is 0.652. The minimum atomic E-state index is -4.60. The van der Waals surface area contributed by atoms with E-state index in [0.29, 0.717) is 45.4 Å². The maximum absolute atomic E-state index is 12.9. The lowest BCUT2D eigenvalue weighted by atomic mass is 10.0. The van der Waals surface area contributed by atoms with Crippen molar-refractivity contribution in [3.05, 3.63) is 79.0 Å². The van der Waals surface area contributed by atoms with E-state index < -0.39 is 24.0 Å². The second kappa shape index (κ2) is 11.4. The number of hydrogen-bond donors (Lipinski definition) is 1. The van der Waals surface area contributed by atoms with E-state index in [9.17, 15) is 22.8 Å². The summed E-state index contributed by atoms with van der Waals surface area (Å²) in [5, 5.41) is 3.82. The normalized spacial score (nSPS) is 17.6. The quantitative estimate of drug-likeness (QED) is 0.321. The molecule has 1 aliphatic heterocycles. The van der Waals surface area contributed by atoms with E-state index in [-0.39, 0.29) is 18.8 Å². The van der Waals surface area contributed by atoms with Crippen LogP contribution in [0.3, 0.4) is 0 Å². The Bertz CT molecular complexity index is 1670. The van der Waals surface area contributed by atoms with Crippen molar-refractivity contribution < 1.29 is 22.6 Å². The van der Waals surface area contributed by atoms with Gasteiger partial charge < -0.3 is 14.8 Å². The van der Waals surface area contributed by atoms with Gasteiger partial charge in [0.05, 0.1) is 16.8 Å². The summed E-state index contributed by atoms with van der Waals surface area (Å²) in [7, 11) is 0. The van der Waals surface area contributed by atoms with Crippen LogP contribution in [0.2, 0.25) is 5.02 Å². The smallest absolute Gasteiger partial charge is 0.406 e. The van der Waals surface area contributed by atoms with Crippen LogP contribution in [-0.4, -0.2) is 52.2 Å². The third-order valence-electron chi connectivity index (χ3n) is 6.55. The van der Waals surface area contributed by atoms with E-state index in [1.54, 1.807) is 12.3 Å². The third-order valence-corrected chi connectivity index (χ3v) is 7.91. The molecule has 0 bridgehead atoms. The summed E-state index contributed by atoms with van der Waals surface area (Å²) in [4.78, 5) is 30.2. The van der Waals surface area contributed by atoms with Gasteiger partial charge >= 0.3 is 11.9 Å². The summed E-state index contributed by atoms with van der Waals surface area (Å²) in [6.07, 6.45) is -2.42. The molecule has 1 fully saturated rings. The van der Waals surface area contributed by atoms with Gasteiger partial charge in [-0.2, -0.15) is 13.2 Å². The molecule has 5 rings (SSSR count). The molecule has 0 saturated carbocycles. The number of nitrogens with zero attached hydrogens (tertiary/aromatic N) is 3. The second-order valence-electron chi connectivity index (χ2n) is 9.46. The van der Waals surface area contributed by atoms with E-state index in [0.717, 1.165) is 38.2 Å². The largest absolute Gasteiger partial charge is 0.485 e. The SMILES string of the molecule is CCO[C@H]1CNC[C@H]1Oc1c(C)cc(Cl)cc1-c1ccnc2cc(Cn3c(=O)ccn(CC(F)(F)F)c3=O)sc12. The molecular weight excluding hydrogens is 569 g/mol. The monoisotopic (exact) mass is 594 g/mol. The highest BCUT2D eigenvalue weighted by atomic mass is 35.5. The van der Waals surface area contributed by atoms with Crippen LogP contribution in [0, 0.1) is 6.92 Å². The number of alkyl halides is 3. The molecule has 1 aromatic carbocycles. The summed E-state index contributed by atoms with van der Waals surface area (Å²) in [6, 6.07) is 8.15. The van der Waals surface area contributed by atoms with Crippen LogP contribution in [0.5, 0.6) is 5.75 Å². The lowest BCUT2D eigenvalue weighted by Gasteiger charge is -2.23. The van der Waals surface area contributed by atoms with Crippen molar-refractivity contribution in [2.24, 2.45) is 0 Å². The molecule has 0 aliphatic carbocycles. The highest BCUT2D eigenvalue weighted by Gasteiger charge is 2.31. The van der Waals surface area contributed by atoms with Crippen LogP contribution in [-0.2, 0) is 17.8 Å². The Labute approximate surface area is 235 Å². The predicted molar refractivity (Wildman–Crippen MR) is 148 cm³/mol. The predicted octanol–water partition coefficient (Wildman–Crippen LogP) is 4.61. The van der Waals surface area contributed by atoms with Crippen LogP contribution in [0.4, 0.5) is 13.2 Å². The van der Waals surface area contributed by atoms with E-state index in [2.05, 4.69) is 10.3 Å². The first-order valence-corrected chi connectivity index (χ1v) is 13.8. The molecule has 2 atom stereocenters. The van der Waals surface area contributed by atoms with Gasteiger partial charge in [-0.25, -0.2) is 4.79 Å². The molecule has 1 saturated heterocycles. The number of aryl methyl sites for hydroxylation is 1. The van der Waals surface area contributed by atoms with Crippen LogP contribution >= 0.6 is 22.9 Å². The number of hydrogen-bond acceptors (Lipinski definition) is 7. The minimum Gasteiger partial charge on any atom is -0.485 e. The number of ether oxygens (including phenoxy) is 2. The molecule has 1 N–H and O–H groups in total. The molecule has 1 aliphatic rings. The maximum atomic E-state index is 12.9. The molecule has 0 spiro atoms. The van der Waals surface area contributed by atoms with Gasteiger partial charge in [0.25, 0.3) is 5.56 Å². The van der Waals surface area contributed by atoms with Crippen molar-refractivity contribution in [1.29, 1.82) is 0 Å². The zero-order valence-corrected chi connectivity index (χ0v) is 23.2. The number of nitrogens with one attached hydrogen (secondary N) is 1. The Hall–Kier alpha value is -3.19. The minimum absolute atomic E-state index is 0.107. The van der Waals surface area contributed by atoms with Gasteiger partial charge in [0.15, 0.2) is 0 Å². The molecule has 4 aromatic rings. The Morgan fingerprint density at radius 1 is 1.15 bits per heavy atom. The lowest BCUT2D eigenvalue weighted by Crippen LogP contribution is -2.41. The topological polar surface area (TPSA) is 87.4 Å². The molecule has 40 heavy (non-hydrogen) atoms. The highest BCUT2D eigenvalue weighted by Crippen LogP contribution is 2.42. The fourth-order valence-corrected chi connectivity index (χ4v) is 6.22. The van der Waals surface area contributed by atoms with Gasteiger partial charge in [0.1, 0.15) is 24.5 Å². The molecule has 4 heterocycles. The van der Waals surface area contributed by atoms with Crippen LogP contribution in [0.25, 0.3) is 21.3 Å². The molecule has 13 heteroatoms. The number of pyridine rings is 1. The Morgan fingerprint density at radius 2 is 1.93 bits per heavy atom. The van der Waals surface area contributed by atoms with E-state index >= 15 is 0 Å². The standard InChI is InChI=1S/C27H26ClF3N4O4S/c1-3-38-21-11-32-12-22(21)39-24-15(2)8-16(28)9-19(24)18-4-6-33-20-10-17(40-25(18)20)13-35-23(36)5-7-34(26(35)37)14-27(29,30)31/h4-10,21-22,32H,3,11-14H2,1-2H3/t21-,22+/m0/s1. The average molecular weight is 595 g/mol. The third kappa shape index (κ3) is 5.95. The van der Waals surface area contributed by atoms with E-state index in [4.69, 9.17) is 21.1 Å². The Morgan fingerprint density at radius 3 is 2.67 bits per heavy atom. The summed E-state index contributed by atoms with van der Waals surface area (Å²) < 4.78 is 53.1. The first kappa shape index (κ1) is 28.3. The van der Waals surface area contributed by atoms with Crippen molar-refractivity contribution in [1.82, 2.24) is 19.4 Å². The Kier molecular flexibility index (Phi) is 8.05. The van der Waals surface area contributed by atoms with Crippen LogP contribution < -0.4 is 21.3 Å². The fourth-order valence-electron chi connectivity index (χ4n) is 4.82. The molecule has 0 unspecified atom stereocenters. The van der Waals surface area contributed by atoms with Gasteiger partial charge in [-0.1, -0.05) is 11.6 Å². The Balaban J connectivity index is 1.54. The summed E-state index contributed by atoms with van der Waals surface area (Å²) in [6.45, 7) is 4.03. The average Bonchev–Trinajstić information content (AvgIpc) is 3.50. The number of halogens is 4. The van der Waals surface area contributed by atoms with E-state index in [1.165, 1.54) is 11.3 Å². The van der Waals surface area contributed by atoms with Crippen molar-refractivity contribution >= 4 is 33.2 Å². The fraction of sp³-hybridized carbons (Fsp3) is 0.370. The highest BCUT2D eigenvalue weighted by molar-refractivity contribution is 7.19. The summed E-state index contributed by atoms with van der Waals surface area (Å²) >= 11 is 7.76. The number of fused-ring (bicyclic) bond motifs is 1. The molecule has 0 radical (unpaired) electrons. The zero-order chi connectivity index (χ0) is 28.6. The molecule has 212 valence electrons. The molecular formula is C27H26ClF3N4O4S. The first-order valence-electron chi connectivity index (χ1n) is 12.6. The lowest BCUT2D eigenvalue weighted by molar-refractivity contribution is -0.141. The summed E-state index contributed by atoms with van der Waals surface area (Å²) in [5.41, 5.74) is 1.26. The van der Waals surface area contributed by atoms with Crippen LogP contribution in [0.1, 0.15) is 17.4 Å². The maximum Gasteiger partial charge on any atom is 0.406 e. The van der Waals surface area contributed by atoms with Gasteiger partial charge in [-0.15, -0.1) is 11.3 Å². The van der Waals surface area contributed by atoms with Crippen molar-refractivity contribution in [2.75, 3.05) is 19.7 Å². The number of rotatable bonds is 8. The van der Waals surface area contributed by atoms with Crippen molar-refractivity contribution in [3.8, 4) is 16.9 Å². The van der Waals surface area contributed by atoms with Gasteiger partial charge in [0, 0.05) is 59.2 Å².